The van der Waals surface area contributed by atoms with Crippen LogP contribution in [0.4, 0.5) is 14.5 Å². The number of piperazine rings is 1. The summed E-state index contributed by atoms with van der Waals surface area (Å²) in [7, 11) is 0. The van der Waals surface area contributed by atoms with Gasteiger partial charge in [-0.1, -0.05) is 0 Å². The molecule has 0 aromatic heterocycles. The number of halogens is 3. The van der Waals surface area contributed by atoms with E-state index in [4.69, 9.17) is 0 Å². The monoisotopic (exact) mass is 304 g/mol. The van der Waals surface area contributed by atoms with E-state index in [2.05, 4.69) is 35.1 Å². The van der Waals surface area contributed by atoms with Crippen molar-refractivity contribution in [2.75, 3.05) is 24.5 Å². The van der Waals surface area contributed by atoms with Crippen LogP contribution >= 0.6 is 15.9 Å². The lowest BCUT2D eigenvalue weighted by Crippen LogP contribution is -2.57. The van der Waals surface area contributed by atoms with Gasteiger partial charge in [-0.15, -0.1) is 0 Å². The van der Waals surface area contributed by atoms with Crippen LogP contribution in [0.5, 0.6) is 0 Å². The number of anilines is 1. The molecule has 0 aliphatic carbocycles. The van der Waals surface area contributed by atoms with E-state index in [0.29, 0.717) is 16.7 Å². The fourth-order valence-electron chi connectivity index (χ4n) is 2.10. The summed E-state index contributed by atoms with van der Waals surface area (Å²) in [4.78, 5) is 1.94. The van der Waals surface area contributed by atoms with Crippen molar-refractivity contribution >= 4 is 21.6 Å². The summed E-state index contributed by atoms with van der Waals surface area (Å²) in [6.07, 6.45) is 0. The van der Waals surface area contributed by atoms with Gasteiger partial charge in [-0.05, 0) is 35.8 Å². The summed E-state index contributed by atoms with van der Waals surface area (Å²) in [5, 5.41) is 3.35. The van der Waals surface area contributed by atoms with Crippen LogP contribution in [0.2, 0.25) is 0 Å². The van der Waals surface area contributed by atoms with Crippen molar-refractivity contribution < 1.29 is 8.78 Å². The molecule has 0 radical (unpaired) electrons. The van der Waals surface area contributed by atoms with Gasteiger partial charge in [-0.3, -0.25) is 0 Å². The van der Waals surface area contributed by atoms with E-state index in [-0.39, 0.29) is 5.54 Å². The molecule has 0 spiro atoms. The molecule has 1 aliphatic rings. The lowest BCUT2D eigenvalue weighted by molar-refractivity contribution is 0.351. The van der Waals surface area contributed by atoms with Crippen LogP contribution in [0.3, 0.4) is 0 Å². The van der Waals surface area contributed by atoms with Gasteiger partial charge < -0.3 is 10.2 Å². The van der Waals surface area contributed by atoms with Crippen LogP contribution in [0, 0.1) is 11.6 Å². The van der Waals surface area contributed by atoms with Gasteiger partial charge in [-0.2, -0.15) is 0 Å². The van der Waals surface area contributed by atoms with Crippen molar-refractivity contribution in [1.29, 1.82) is 0 Å². The molecule has 1 saturated heterocycles. The Kier molecular flexibility index (Phi) is 3.41. The van der Waals surface area contributed by atoms with E-state index in [1.165, 1.54) is 6.07 Å². The molecule has 0 amide bonds. The van der Waals surface area contributed by atoms with Crippen molar-refractivity contribution in [1.82, 2.24) is 5.32 Å². The number of hydrogen-bond acceptors (Lipinski definition) is 2. The van der Waals surface area contributed by atoms with Crippen LogP contribution in [0.25, 0.3) is 0 Å². The van der Waals surface area contributed by atoms with E-state index in [1.54, 1.807) is 0 Å². The molecule has 1 N–H and O–H groups in total. The highest BCUT2D eigenvalue weighted by Gasteiger charge is 2.27. The first kappa shape index (κ1) is 12.8. The predicted molar refractivity (Wildman–Crippen MR) is 68.4 cm³/mol. The third-order valence-corrected chi connectivity index (χ3v) is 3.51. The molecule has 0 bridgehead atoms. The van der Waals surface area contributed by atoms with Gasteiger partial charge in [-0.25, -0.2) is 8.78 Å². The van der Waals surface area contributed by atoms with E-state index < -0.39 is 11.6 Å². The van der Waals surface area contributed by atoms with Gasteiger partial charge >= 0.3 is 0 Å². The van der Waals surface area contributed by atoms with E-state index >= 15 is 0 Å². The molecule has 1 aromatic rings. The minimum atomic E-state index is -0.569. The highest BCUT2D eigenvalue weighted by atomic mass is 79.9. The number of benzene rings is 1. The number of nitrogens with zero attached hydrogens (tertiary/aromatic N) is 1. The Morgan fingerprint density at radius 2 is 2.00 bits per heavy atom. The first-order valence-electron chi connectivity index (χ1n) is 5.53. The van der Waals surface area contributed by atoms with E-state index in [9.17, 15) is 8.78 Å². The first-order chi connectivity index (χ1) is 7.89. The lowest BCUT2D eigenvalue weighted by Gasteiger charge is -2.40. The molecule has 2 rings (SSSR count). The first-order valence-corrected chi connectivity index (χ1v) is 6.33. The second kappa shape index (κ2) is 4.53. The standard InChI is InChI=1S/C12H15BrF2N2/c1-12(2)7-17(4-3-16-12)11-5-8(13)9(14)6-10(11)15/h5-6,16H,3-4,7H2,1-2H3. The van der Waals surface area contributed by atoms with Crippen molar-refractivity contribution in [2.45, 2.75) is 19.4 Å². The summed E-state index contributed by atoms with van der Waals surface area (Å²) in [5.74, 6) is -1.08. The summed E-state index contributed by atoms with van der Waals surface area (Å²) in [6, 6.07) is 2.43. The molecular weight excluding hydrogens is 290 g/mol. The summed E-state index contributed by atoms with van der Waals surface area (Å²) in [6.45, 7) is 6.34. The topological polar surface area (TPSA) is 15.3 Å². The predicted octanol–water partition coefficient (Wildman–Crippen LogP) is 2.92. The molecule has 1 fully saturated rings. The average Bonchev–Trinajstić information content (AvgIpc) is 2.22. The molecule has 1 heterocycles. The maximum Gasteiger partial charge on any atom is 0.149 e. The molecule has 0 unspecified atom stereocenters. The molecule has 17 heavy (non-hydrogen) atoms. The Morgan fingerprint density at radius 3 is 2.65 bits per heavy atom. The van der Waals surface area contributed by atoms with Gasteiger partial charge in [0.05, 0.1) is 10.2 Å². The summed E-state index contributed by atoms with van der Waals surface area (Å²) < 4.78 is 27.2. The number of nitrogens with one attached hydrogen (secondary N) is 1. The van der Waals surface area contributed by atoms with Crippen molar-refractivity contribution in [3.8, 4) is 0 Å². The Balaban J connectivity index is 2.31. The molecule has 1 aliphatic heterocycles. The Morgan fingerprint density at radius 1 is 1.29 bits per heavy atom. The number of hydrogen-bond donors (Lipinski definition) is 1. The van der Waals surface area contributed by atoms with Gasteiger partial charge in [0.25, 0.3) is 0 Å². The third-order valence-electron chi connectivity index (χ3n) is 2.90. The second-order valence-electron chi connectivity index (χ2n) is 4.95. The van der Waals surface area contributed by atoms with Gasteiger partial charge in [0, 0.05) is 31.2 Å². The molecule has 5 heteroatoms. The van der Waals surface area contributed by atoms with E-state index in [1.807, 2.05) is 4.90 Å². The SMILES string of the molecule is CC1(C)CN(c2cc(Br)c(F)cc2F)CCN1. The molecule has 0 atom stereocenters. The van der Waals surface area contributed by atoms with Crippen LogP contribution < -0.4 is 10.2 Å². The Labute approximate surface area is 108 Å². The van der Waals surface area contributed by atoms with Gasteiger partial charge in [0.15, 0.2) is 0 Å². The highest BCUT2D eigenvalue weighted by molar-refractivity contribution is 9.10. The minimum absolute atomic E-state index is 0.0639. The maximum absolute atomic E-state index is 13.7. The molecule has 1 aromatic carbocycles. The normalized spacial score (nSPS) is 19.5. The van der Waals surface area contributed by atoms with Gasteiger partial charge in [0.2, 0.25) is 0 Å². The lowest BCUT2D eigenvalue weighted by atomic mass is 10.0. The zero-order valence-electron chi connectivity index (χ0n) is 9.86. The fraction of sp³-hybridized carbons (Fsp3) is 0.500. The zero-order chi connectivity index (χ0) is 12.6. The molecule has 0 saturated carbocycles. The van der Waals surface area contributed by atoms with Crippen molar-refractivity contribution in [3.05, 3.63) is 28.2 Å². The average molecular weight is 305 g/mol. The minimum Gasteiger partial charge on any atom is -0.366 e. The van der Waals surface area contributed by atoms with Crippen LogP contribution in [-0.2, 0) is 0 Å². The largest absolute Gasteiger partial charge is 0.366 e. The summed E-state index contributed by atoms with van der Waals surface area (Å²) >= 11 is 3.09. The quantitative estimate of drug-likeness (QED) is 0.803. The smallest absolute Gasteiger partial charge is 0.149 e. The Bertz CT molecular complexity index is 435. The van der Waals surface area contributed by atoms with Crippen molar-refractivity contribution in [2.24, 2.45) is 0 Å². The van der Waals surface area contributed by atoms with Crippen LogP contribution in [0.15, 0.2) is 16.6 Å². The highest BCUT2D eigenvalue weighted by Crippen LogP contribution is 2.28. The zero-order valence-corrected chi connectivity index (χ0v) is 11.4. The fourth-order valence-corrected chi connectivity index (χ4v) is 2.43. The van der Waals surface area contributed by atoms with Gasteiger partial charge in [0.1, 0.15) is 11.6 Å². The number of rotatable bonds is 1. The Hall–Kier alpha value is -0.680. The maximum atomic E-state index is 13.7. The third kappa shape index (κ3) is 2.77. The second-order valence-corrected chi connectivity index (χ2v) is 5.80. The van der Waals surface area contributed by atoms with Crippen LogP contribution in [-0.4, -0.2) is 25.2 Å². The molecular formula is C12H15BrF2N2. The van der Waals surface area contributed by atoms with Crippen LogP contribution in [0.1, 0.15) is 13.8 Å². The molecule has 2 nitrogen and oxygen atoms in total. The van der Waals surface area contributed by atoms with Crippen molar-refractivity contribution in [3.63, 3.8) is 0 Å². The molecule has 94 valence electrons. The van der Waals surface area contributed by atoms with E-state index in [0.717, 1.165) is 19.2 Å². The summed E-state index contributed by atoms with van der Waals surface area (Å²) in [5.41, 5.74) is 0.388.